The molecule has 2 aromatic heterocycles. The van der Waals surface area contributed by atoms with Crippen molar-refractivity contribution in [2.24, 2.45) is 5.41 Å². The van der Waals surface area contributed by atoms with Gasteiger partial charge >= 0.3 is 0 Å². The van der Waals surface area contributed by atoms with Crippen LogP contribution in [0.3, 0.4) is 0 Å². The summed E-state index contributed by atoms with van der Waals surface area (Å²) in [6.07, 6.45) is 16.2. The zero-order valence-electron chi connectivity index (χ0n) is 16.9. The maximum Gasteiger partial charge on any atom is 0.174 e. The Balaban J connectivity index is 1.47. The Morgan fingerprint density at radius 2 is 1.79 bits per heavy atom. The standard InChI is InChI=1S/C22H33N5S/c1-3-9-18(10-4-1)27-21(23-24-25-27)20(19-11-7-16-28-19)26-15-8-14-22(17-26)12-5-2-6-13-22/h7,11,16,18,20H,1-6,8-10,12-15,17H2/t20-/m0/s1. The topological polar surface area (TPSA) is 46.8 Å². The van der Waals surface area contributed by atoms with Crippen LogP contribution in [0.15, 0.2) is 17.5 Å². The number of rotatable bonds is 4. The summed E-state index contributed by atoms with van der Waals surface area (Å²) in [4.78, 5) is 4.13. The molecule has 1 atom stereocenters. The summed E-state index contributed by atoms with van der Waals surface area (Å²) in [6, 6.07) is 5.17. The molecule has 2 aromatic rings. The molecular formula is C22H33N5S. The molecule has 0 N–H and O–H groups in total. The van der Waals surface area contributed by atoms with Crippen molar-refractivity contribution < 1.29 is 0 Å². The Morgan fingerprint density at radius 3 is 2.57 bits per heavy atom. The highest BCUT2D eigenvalue weighted by molar-refractivity contribution is 7.10. The lowest BCUT2D eigenvalue weighted by Crippen LogP contribution is -2.46. The van der Waals surface area contributed by atoms with Crippen LogP contribution in [0, 0.1) is 5.41 Å². The van der Waals surface area contributed by atoms with E-state index in [0.717, 1.165) is 5.82 Å². The smallest absolute Gasteiger partial charge is 0.174 e. The van der Waals surface area contributed by atoms with Crippen molar-refractivity contribution in [2.45, 2.75) is 89.1 Å². The molecule has 5 nitrogen and oxygen atoms in total. The van der Waals surface area contributed by atoms with Crippen LogP contribution in [0.5, 0.6) is 0 Å². The SMILES string of the molecule is c1csc([C@@H](c2nnnn2C2CCCCC2)N2CCCC3(CCCCC3)C2)c1. The van der Waals surface area contributed by atoms with Crippen LogP contribution >= 0.6 is 11.3 Å². The van der Waals surface area contributed by atoms with Gasteiger partial charge in [-0.05, 0) is 72.4 Å². The van der Waals surface area contributed by atoms with Gasteiger partial charge in [0.2, 0.25) is 0 Å². The van der Waals surface area contributed by atoms with E-state index in [1.165, 1.54) is 95.0 Å². The van der Waals surface area contributed by atoms with Crippen molar-refractivity contribution in [3.05, 3.63) is 28.2 Å². The third-order valence-corrected chi connectivity index (χ3v) is 8.39. The molecule has 3 fully saturated rings. The Bertz CT molecular complexity index is 737. The van der Waals surface area contributed by atoms with Gasteiger partial charge in [-0.2, -0.15) is 0 Å². The fourth-order valence-electron chi connectivity index (χ4n) is 6.06. The molecule has 0 aromatic carbocycles. The number of hydrogen-bond donors (Lipinski definition) is 0. The molecule has 2 aliphatic carbocycles. The Morgan fingerprint density at radius 1 is 1.00 bits per heavy atom. The summed E-state index contributed by atoms with van der Waals surface area (Å²) in [6.45, 7) is 2.38. The first-order valence-corrected chi connectivity index (χ1v) is 12.3. The zero-order valence-corrected chi connectivity index (χ0v) is 17.7. The second-order valence-electron chi connectivity index (χ2n) is 9.33. The largest absolute Gasteiger partial charge is 0.288 e. The van der Waals surface area contributed by atoms with E-state index in [4.69, 9.17) is 0 Å². The molecule has 28 heavy (non-hydrogen) atoms. The Hall–Kier alpha value is -1.27. The first kappa shape index (κ1) is 18.7. The second kappa shape index (κ2) is 8.23. The summed E-state index contributed by atoms with van der Waals surface area (Å²) >= 11 is 1.86. The van der Waals surface area contributed by atoms with Gasteiger partial charge in [0.25, 0.3) is 0 Å². The van der Waals surface area contributed by atoms with Crippen molar-refractivity contribution in [1.29, 1.82) is 0 Å². The quantitative estimate of drug-likeness (QED) is 0.693. The highest BCUT2D eigenvalue weighted by Gasteiger charge is 2.41. The molecule has 0 bridgehead atoms. The number of hydrogen-bond acceptors (Lipinski definition) is 5. The third kappa shape index (κ3) is 3.65. The number of thiophene rings is 1. The molecular weight excluding hydrogens is 366 g/mol. The Kier molecular flexibility index (Phi) is 5.51. The van der Waals surface area contributed by atoms with Crippen LogP contribution in [0.2, 0.25) is 0 Å². The van der Waals surface area contributed by atoms with Crippen LogP contribution in [0.1, 0.15) is 99.8 Å². The van der Waals surface area contributed by atoms with Gasteiger partial charge in [0.05, 0.1) is 6.04 Å². The minimum Gasteiger partial charge on any atom is -0.288 e. The van der Waals surface area contributed by atoms with E-state index in [0.29, 0.717) is 11.5 Å². The van der Waals surface area contributed by atoms with Gasteiger partial charge in [-0.3, -0.25) is 4.90 Å². The predicted molar refractivity (Wildman–Crippen MR) is 112 cm³/mol. The van der Waals surface area contributed by atoms with Gasteiger partial charge in [0.15, 0.2) is 5.82 Å². The molecule has 5 rings (SSSR count). The highest BCUT2D eigenvalue weighted by atomic mass is 32.1. The molecule has 152 valence electrons. The summed E-state index contributed by atoms with van der Waals surface area (Å²) in [5, 5.41) is 15.5. The lowest BCUT2D eigenvalue weighted by molar-refractivity contribution is 0.0343. The number of likely N-dealkylation sites (tertiary alicyclic amines) is 1. The van der Waals surface area contributed by atoms with E-state index in [-0.39, 0.29) is 6.04 Å². The zero-order chi connectivity index (χ0) is 18.8. The van der Waals surface area contributed by atoms with Crippen LogP contribution in [-0.2, 0) is 0 Å². The lowest BCUT2D eigenvalue weighted by Gasteiger charge is -2.47. The minimum atomic E-state index is 0.219. The van der Waals surface area contributed by atoms with Crippen molar-refractivity contribution >= 4 is 11.3 Å². The molecule has 1 spiro atoms. The maximum absolute atomic E-state index is 4.62. The monoisotopic (exact) mass is 399 g/mol. The van der Waals surface area contributed by atoms with E-state index in [9.17, 15) is 0 Å². The molecule has 1 saturated heterocycles. The average Bonchev–Trinajstić information content (AvgIpc) is 3.43. The van der Waals surface area contributed by atoms with Crippen molar-refractivity contribution in [1.82, 2.24) is 25.1 Å². The average molecular weight is 400 g/mol. The highest BCUT2D eigenvalue weighted by Crippen LogP contribution is 2.46. The minimum absolute atomic E-state index is 0.219. The summed E-state index contributed by atoms with van der Waals surface area (Å²) in [5.41, 5.74) is 0.537. The molecule has 6 heteroatoms. The van der Waals surface area contributed by atoms with E-state index in [1.54, 1.807) is 0 Å². The first-order valence-electron chi connectivity index (χ1n) is 11.4. The summed E-state index contributed by atoms with van der Waals surface area (Å²) in [5.74, 6) is 1.09. The lowest BCUT2D eigenvalue weighted by atomic mass is 9.69. The molecule has 0 unspecified atom stereocenters. The normalized spacial score (nSPS) is 25.1. The van der Waals surface area contributed by atoms with Gasteiger partial charge in [0, 0.05) is 11.4 Å². The molecule has 0 amide bonds. The molecule has 1 aliphatic heterocycles. The maximum atomic E-state index is 4.62. The number of tetrazole rings is 1. The van der Waals surface area contributed by atoms with Gasteiger partial charge < -0.3 is 0 Å². The van der Waals surface area contributed by atoms with E-state index >= 15 is 0 Å². The van der Waals surface area contributed by atoms with Gasteiger partial charge in [0.1, 0.15) is 6.04 Å². The van der Waals surface area contributed by atoms with Crippen LogP contribution in [-0.4, -0.2) is 38.2 Å². The van der Waals surface area contributed by atoms with Crippen molar-refractivity contribution in [3.63, 3.8) is 0 Å². The van der Waals surface area contributed by atoms with Gasteiger partial charge in [-0.25, -0.2) is 4.68 Å². The fourth-order valence-corrected chi connectivity index (χ4v) is 6.91. The van der Waals surface area contributed by atoms with Gasteiger partial charge in [-0.15, -0.1) is 16.4 Å². The fraction of sp³-hybridized carbons (Fsp3) is 0.773. The predicted octanol–water partition coefficient (Wildman–Crippen LogP) is 5.38. The Labute approximate surface area is 172 Å². The van der Waals surface area contributed by atoms with E-state index in [2.05, 4.69) is 42.6 Å². The van der Waals surface area contributed by atoms with Crippen LogP contribution < -0.4 is 0 Å². The molecule has 3 heterocycles. The second-order valence-corrected chi connectivity index (χ2v) is 10.3. The van der Waals surface area contributed by atoms with Gasteiger partial charge in [-0.1, -0.05) is 44.6 Å². The summed E-state index contributed by atoms with van der Waals surface area (Å²) in [7, 11) is 0. The molecule has 3 aliphatic rings. The van der Waals surface area contributed by atoms with Crippen LogP contribution in [0.25, 0.3) is 0 Å². The number of aromatic nitrogens is 4. The number of piperidine rings is 1. The third-order valence-electron chi connectivity index (χ3n) is 7.47. The summed E-state index contributed by atoms with van der Waals surface area (Å²) < 4.78 is 2.20. The number of nitrogens with zero attached hydrogens (tertiary/aromatic N) is 5. The molecule has 2 saturated carbocycles. The van der Waals surface area contributed by atoms with Crippen molar-refractivity contribution in [3.8, 4) is 0 Å². The van der Waals surface area contributed by atoms with E-state index in [1.807, 2.05) is 11.3 Å². The van der Waals surface area contributed by atoms with Crippen molar-refractivity contribution in [2.75, 3.05) is 13.1 Å². The first-order chi connectivity index (χ1) is 13.8. The van der Waals surface area contributed by atoms with Crippen LogP contribution in [0.4, 0.5) is 0 Å². The van der Waals surface area contributed by atoms with E-state index < -0.39 is 0 Å². The molecule has 0 radical (unpaired) electrons.